The van der Waals surface area contributed by atoms with Crippen molar-refractivity contribution in [3.8, 4) is 0 Å². The zero-order valence-corrected chi connectivity index (χ0v) is 9.06. The molecule has 0 unspecified atom stereocenters. The van der Waals surface area contributed by atoms with Crippen molar-refractivity contribution in [2.24, 2.45) is 0 Å². The Labute approximate surface area is 87.5 Å². The highest BCUT2D eigenvalue weighted by molar-refractivity contribution is 7.89. The second-order valence-electron chi connectivity index (χ2n) is 3.08. The lowest BCUT2D eigenvalue weighted by atomic mass is 10.3. The van der Waals surface area contributed by atoms with Gasteiger partial charge in [0.05, 0.1) is 12.4 Å². The molecule has 76 valence electrons. The van der Waals surface area contributed by atoms with Crippen LogP contribution in [-0.2, 0) is 10.0 Å². The Balaban J connectivity index is 2.68. The molecule has 0 spiro atoms. The highest BCUT2D eigenvalue weighted by Crippen LogP contribution is 2.30. The second kappa shape index (κ2) is 3.12. The zero-order chi connectivity index (χ0) is 10.3. The normalized spacial score (nSPS) is 19.9. The minimum Gasteiger partial charge on any atom is -0.370 e. The molecule has 4 nitrogen and oxygen atoms in total. The van der Waals surface area contributed by atoms with Crippen molar-refractivity contribution in [2.45, 2.75) is 4.90 Å². The first-order valence-electron chi connectivity index (χ1n) is 4.01. The maximum absolute atomic E-state index is 11.8. The van der Waals surface area contributed by atoms with Gasteiger partial charge in [0, 0.05) is 12.1 Å². The first kappa shape index (κ1) is 9.76. The maximum Gasteiger partial charge on any atom is 0.246 e. The van der Waals surface area contributed by atoms with Gasteiger partial charge in [-0.05, 0) is 18.2 Å². The predicted octanol–water partition coefficient (Wildman–Crippen LogP) is 1.34. The molecule has 0 atom stereocenters. The summed E-state index contributed by atoms with van der Waals surface area (Å²) in [5.74, 6) is 0. The average Bonchev–Trinajstić information content (AvgIpc) is 2.13. The number of hydrogen-bond donors (Lipinski definition) is 1. The minimum absolute atomic E-state index is 0.235. The van der Waals surface area contributed by atoms with Crippen LogP contribution in [0.3, 0.4) is 0 Å². The standard InChI is InChI=1S/C8H9ClN2O2S/c1-11-5-10-7-3-2-6(9)4-8(7)14(11,12)13/h2-4,10H,5H2,1H3. The van der Waals surface area contributed by atoms with Crippen LogP contribution in [0.15, 0.2) is 23.1 Å². The molecule has 0 saturated carbocycles. The summed E-state index contributed by atoms with van der Waals surface area (Å²) >= 11 is 5.74. The third-order valence-electron chi connectivity index (χ3n) is 2.12. The molecule has 0 bridgehead atoms. The summed E-state index contributed by atoms with van der Waals surface area (Å²) in [6, 6.07) is 4.78. The van der Waals surface area contributed by atoms with Gasteiger partial charge in [-0.2, -0.15) is 4.31 Å². The maximum atomic E-state index is 11.8. The van der Waals surface area contributed by atoms with Gasteiger partial charge in [-0.1, -0.05) is 11.6 Å². The van der Waals surface area contributed by atoms with Gasteiger partial charge < -0.3 is 5.32 Å². The molecule has 1 aromatic carbocycles. The molecule has 6 heteroatoms. The summed E-state index contributed by atoms with van der Waals surface area (Å²) in [5, 5.41) is 3.40. The van der Waals surface area contributed by atoms with E-state index in [4.69, 9.17) is 11.6 Å². The van der Waals surface area contributed by atoms with Gasteiger partial charge in [-0.25, -0.2) is 8.42 Å². The average molecular weight is 233 g/mol. The van der Waals surface area contributed by atoms with Crippen molar-refractivity contribution in [3.05, 3.63) is 23.2 Å². The third kappa shape index (κ3) is 1.37. The first-order chi connectivity index (χ1) is 6.51. The molecule has 0 amide bonds. The number of rotatable bonds is 0. The number of halogens is 1. The van der Waals surface area contributed by atoms with Crippen molar-refractivity contribution in [3.63, 3.8) is 0 Å². The van der Waals surface area contributed by atoms with Crippen LogP contribution in [0.1, 0.15) is 0 Å². The molecular weight excluding hydrogens is 224 g/mol. The summed E-state index contributed by atoms with van der Waals surface area (Å²) in [7, 11) is -1.84. The molecule has 0 saturated heterocycles. The second-order valence-corrected chi connectivity index (χ2v) is 5.53. The molecule has 1 N–H and O–H groups in total. The van der Waals surface area contributed by atoms with Gasteiger partial charge >= 0.3 is 0 Å². The van der Waals surface area contributed by atoms with E-state index in [2.05, 4.69) is 5.32 Å². The molecule has 2 rings (SSSR count). The lowest BCUT2D eigenvalue weighted by Gasteiger charge is -2.26. The lowest BCUT2D eigenvalue weighted by Crippen LogP contribution is -2.36. The smallest absolute Gasteiger partial charge is 0.246 e. The van der Waals surface area contributed by atoms with Crippen LogP contribution >= 0.6 is 11.6 Å². The number of nitrogens with zero attached hydrogens (tertiary/aromatic N) is 1. The van der Waals surface area contributed by atoms with E-state index in [9.17, 15) is 8.42 Å². The summed E-state index contributed by atoms with van der Waals surface area (Å²) in [4.78, 5) is 0.235. The SMILES string of the molecule is CN1CNc2ccc(Cl)cc2S1(=O)=O. The van der Waals surface area contributed by atoms with E-state index in [1.807, 2.05) is 0 Å². The Morgan fingerprint density at radius 2 is 2.21 bits per heavy atom. The molecule has 14 heavy (non-hydrogen) atoms. The van der Waals surface area contributed by atoms with E-state index in [1.54, 1.807) is 12.1 Å². The van der Waals surface area contributed by atoms with Crippen LogP contribution in [0.2, 0.25) is 5.02 Å². The highest BCUT2D eigenvalue weighted by atomic mass is 35.5. The lowest BCUT2D eigenvalue weighted by molar-refractivity contribution is 0.482. The highest BCUT2D eigenvalue weighted by Gasteiger charge is 2.28. The number of nitrogens with one attached hydrogen (secondary N) is 1. The Bertz CT molecular complexity index is 472. The third-order valence-corrected chi connectivity index (χ3v) is 4.20. The Hall–Kier alpha value is -0.780. The van der Waals surface area contributed by atoms with Gasteiger partial charge in [0.2, 0.25) is 10.0 Å². The number of fused-ring (bicyclic) bond motifs is 1. The summed E-state index contributed by atoms with van der Waals surface area (Å²) in [6.45, 7) is 0.289. The molecule has 1 aliphatic rings. The number of sulfonamides is 1. The fourth-order valence-electron chi connectivity index (χ4n) is 1.31. The van der Waals surface area contributed by atoms with Crippen molar-refractivity contribution < 1.29 is 8.42 Å². The van der Waals surface area contributed by atoms with E-state index in [-0.39, 0.29) is 11.6 Å². The quantitative estimate of drug-likeness (QED) is 0.735. The van der Waals surface area contributed by atoms with Crippen molar-refractivity contribution >= 4 is 27.3 Å². The van der Waals surface area contributed by atoms with E-state index >= 15 is 0 Å². The largest absolute Gasteiger partial charge is 0.370 e. The van der Waals surface area contributed by atoms with Crippen LogP contribution in [0.25, 0.3) is 0 Å². The van der Waals surface area contributed by atoms with E-state index in [0.717, 1.165) is 0 Å². The molecule has 0 aromatic heterocycles. The van der Waals surface area contributed by atoms with Crippen LogP contribution in [-0.4, -0.2) is 26.4 Å². The molecule has 1 heterocycles. The fraction of sp³-hybridized carbons (Fsp3) is 0.250. The van der Waals surface area contributed by atoms with Crippen molar-refractivity contribution in [1.82, 2.24) is 4.31 Å². The monoisotopic (exact) mass is 232 g/mol. The van der Waals surface area contributed by atoms with E-state index < -0.39 is 10.0 Å². The van der Waals surface area contributed by atoms with Crippen LogP contribution < -0.4 is 5.32 Å². The van der Waals surface area contributed by atoms with Crippen molar-refractivity contribution in [2.75, 3.05) is 19.0 Å². The molecule has 0 aliphatic carbocycles. The molecule has 1 aromatic rings. The summed E-state index contributed by atoms with van der Waals surface area (Å²) < 4.78 is 24.8. The van der Waals surface area contributed by atoms with E-state index in [1.165, 1.54) is 17.4 Å². The first-order valence-corrected chi connectivity index (χ1v) is 5.83. The van der Waals surface area contributed by atoms with Crippen LogP contribution in [0.5, 0.6) is 0 Å². The summed E-state index contributed by atoms with van der Waals surface area (Å²) in [6.07, 6.45) is 0. The predicted molar refractivity (Wildman–Crippen MR) is 54.9 cm³/mol. The van der Waals surface area contributed by atoms with Gasteiger partial charge in [0.15, 0.2) is 0 Å². The summed E-state index contributed by atoms with van der Waals surface area (Å²) in [5.41, 5.74) is 0.604. The minimum atomic E-state index is -3.36. The number of anilines is 1. The molecular formula is C8H9ClN2O2S. The molecule has 1 aliphatic heterocycles. The fourth-order valence-corrected chi connectivity index (χ4v) is 2.81. The Morgan fingerprint density at radius 3 is 2.93 bits per heavy atom. The number of benzene rings is 1. The van der Waals surface area contributed by atoms with E-state index in [0.29, 0.717) is 10.7 Å². The van der Waals surface area contributed by atoms with Gasteiger partial charge in [0.1, 0.15) is 4.90 Å². The van der Waals surface area contributed by atoms with Gasteiger partial charge in [-0.15, -0.1) is 0 Å². The Morgan fingerprint density at radius 1 is 1.50 bits per heavy atom. The zero-order valence-electron chi connectivity index (χ0n) is 7.49. The van der Waals surface area contributed by atoms with Crippen LogP contribution in [0, 0.1) is 0 Å². The molecule has 0 fully saturated rings. The van der Waals surface area contributed by atoms with Crippen molar-refractivity contribution in [1.29, 1.82) is 0 Å². The van der Waals surface area contributed by atoms with Gasteiger partial charge in [-0.3, -0.25) is 0 Å². The van der Waals surface area contributed by atoms with Crippen LogP contribution in [0.4, 0.5) is 5.69 Å². The van der Waals surface area contributed by atoms with Gasteiger partial charge in [0.25, 0.3) is 0 Å². The topological polar surface area (TPSA) is 49.4 Å². The Kier molecular flexibility index (Phi) is 2.17. The number of hydrogen-bond acceptors (Lipinski definition) is 3. The molecule has 0 radical (unpaired) electrons.